The van der Waals surface area contributed by atoms with E-state index in [-0.39, 0.29) is 33.3 Å². The van der Waals surface area contributed by atoms with Crippen molar-refractivity contribution >= 4 is 102 Å². The van der Waals surface area contributed by atoms with E-state index >= 15 is 0 Å². The van der Waals surface area contributed by atoms with Crippen molar-refractivity contribution < 1.29 is 61.4 Å². The number of thiazole rings is 1. The lowest BCUT2D eigenvalue weighted by Crippen LogP contribution is -2.35. The molecule has 19 nitrogen and oxygen atoms in total. The fraction of sp³-hybridized carbons (Fsp3) is 0.300. The topological polar surface area (TPSA) is 268 Å². The highest BCUT2D eigenvalue weighted by atomic mass is 32.2. The Morgan fingerprint density at radius 2 is 1.52 bits per heavy atom. The zero-order chi connectivity index (χ0) is 39.6. The number of hydrogen-bond acceptors (Lipinski definition) is 17. The summed E-state index contributed by atoms with van der Waals surface area (Å²) in [6.45, 7) is -2.53. The van der Waals surface area contributed by atoms with Gasteiger partial charge in [-0.3, -0.25) is 42.8 Å². The number of aromatic nitrogens is 2. The number of hydrogen-bond donors (Lipinski definition) is 3. The van der Waals surface area contributed by atoms with Gasteiger partial charge in [0.15, 0.2) is 21.4 Å². The zero-order valence-electron chi connectivity index (χ0n) is 27.8. The van der Waals surface area contributed by atoms with Gasteiger partial charge in [0.05, 0.1) is 35.1 Å². The maximum Gasteiger partial charge on any atom is 0.323 e. The average Bonchev–Trinajstić information content (AvgIpc) is 3.78. The largest absolute Gasteiger partial charge is 0.748 e. The molecule has 5 rings (SSSR count). The maximum atomic E-state index is 13.7. The minimum Gasteiger partial charge on any atom is -0.748 e. The summed E-state index contributed by atoms with van der Waals surface area (Å²) in [7, 11) is -1.56. The number of carboxylic acid groups (broad SMARTS) is 3. The predicted molar refractivity (Wildman–Crippen MR) is 196 cm³/mol. The SMILES string of the molecule is COc1cc2c(cc1OC)N(CCCCS(=O)(=O)[O-])C(=CC=c1o/c(=c3/s/c(=C4/SC(=S)N(CC(=O)O)C4=O)n(CC(=O)O)c3=O)n(CC(=O)O)c1=O)S2. The van der Waals surface area contributed by atoms with Crippen molar-refractivity contribution in [3.05, 3.63) is 64.1 Å². The number of rotatable bonds is 14. The number of nitrogens with zero attached hydrogens (tertiary/aromatic N) is 4. The highest BCUT2D eigenvalue weighted by Crippen LogP contribution is 2.50. The number of thiocarbonyl (C=S) groups is 1. The first-order valence-corrected chi connectivity index (χ1v) is 19.6. The highest BCUT2D eigenvalue weighted by molar-refractivity contribution is 8.30. The van der Waals surface area contributed by atoms with Gasteiger partial charge in [-0.25, -0.2) is 8.42 Å². The third kappa shape index (κ3) is 8.57. The molecule has 0 unspecified atom stereocenters. The van der Waals surface area contributed by atoms with Crippen molar-refractivity contribution in [1.82, 2.24) is 14.0 Å². The predicted octanol–water partition coefficient (Wildman–Crippen LogP) is -0.249. The van der Waals surface area contributed by atoms with E-state index in [1.807, 2.05) is 0 Å². The van der Waals surface area contributed by atoms with Gasteiger partial charge in [0, 0.05) is 29.3 Å². The van der Waals surface area contributed by atoms with E-state index in [1.54, 1.807) is 17.0 Å². The number of amides is 1. The van der Waals surface area contributed by atoms with Crippen molar-refractivity contribution in [2.45, 2.75) is 30.8 Å². The Hall–Kier alpha value is -4.88. The standard InChI is InChI=1S/C30H28N4O15S5/c1-47-16-9-14-18(10-17(16)48-2)51-19(31(14)7-3-4-8-54(44,45)46)6-5-15-25(41)32(11-20(35)36)28(49-15)23-26(42)33(12-21(37)38)29(52-23)24-27(43)34(13-22(39)40)30(50)53-24/h5-6,9-10H,3-4,7-8,11-13H2,1-2H3,(H,35,36)(H,37,38)(H,39,40)(H,44,45,46)/p-1/b15-5?,19-6?,28-23+,29-24+. The fourth-order valence-corrected chi connectivity index (χ4v) is 9.45. The van der Waals surface area contributed by atoms with Crippen LogP contribution in [0.15, 0.2) is 42.1 Å². The molecule has 2 aliphatic rings. The Balaban J connectivity index is 1.72. The van der Waals surface area contributed by atoms with Gasteiger partial charge >= 0.3 is 17.9 Å². The summed E-state index contributed by atoms with van der Waals surface area (Å²) < 4.78 is 50.7. The lowest BCUT2D eigenvalue weighted by Gasteiger charge is -2.21. The fourth-order valence-electron chi connectivity index (χ4n) is 5.25. The maximum absolute atomic E-state index is 13.7. The quantitative estimate of drug-likeness (QED) is 0.107. The molecule has 0 aliphatic carbocycles. The van der Waals surface area contributed by atoms with Crippen LogP contribution in [0.1, 0.15) is 12.8 Å². The van der Waals surface area contributed by atoms with Gasteiger partial charge in [0.25, 0.3) is 17.0 Å². The molecule has 1 amide bonds. The summed E-state index contributed by atoms with van der Waals surface area (Å²) in [5, 5.41) is 28.9. The zero-order valence-corrected chi connectivity index (χ0v) is 31.9. The summed E-state index contributed by atoms with van der Waals surface area (Å²) in [4.78, 5) is 78.4. The molecule has 54 heavy (non-hydrogen) atoms. The number of ether oxygens (including phenoxy) is 2. The molecule has 0 bridgehead atoms. The van der Waals surface area contributed by atoms with Crippen LogP contribution in [0.5, 0.6) is 11.5 Å². The van der Waals surface area contributed by atoms with Crippen LogP contribution in [-0.2, 0) is 42.4 Å². The first-order valence-electron chi connectivity index (χ1n) is 15.2. The lowest BCUT2D eigenvalue weighted by atomic mass is 10.2. The van der Waals surface area contributed by atoms with Crippen molar-refractivity contribution in [2.24, 2.45) is 0 Å². The summed E-state index contributed by atoms with van der Waals surface area (Å²) in [5.41, 5.74) is -2.38. The first kappa shape index (κ1) is 40.3. The van der Waals surface area contributed by atoms with Crippen LogP contribution in [0.25, 0.3) is 11.0 Å². The molecule has 24 heteroatoms. The smallest absolute Gasteiger partial charge is 0.323 e. The average molecular weight is 844 g/mol. The first-order chi connectivity index (χ1) is 25.4. The molecule has 2 aromatic heterocycles. The summed E-state index contributed by atoms with van der Waals surface area (Å²) in [6, 6.07) is 3.39. The van der Waals surface area contributed by atoms with Crippen LogP contribution in [0.3, 0.4) is 0 Å². The summed E-state index contributed by atoms with van der Waals surface area (Å²) in [6.07, 6.45) is 3.02. The minimum atomic E-state index is -4.45. The molecule has 0 spiro atoms. The third-order valence-corrected chi connectivity index (χ3v) is 12.2. The molecule has 1 saturated heterocycles. The van der Waals surface area contributed by atoms with Crippen LogP contribution in [0.2, 0.25) is 0 Å². The number of oxazole rings is 1. The molecular formula is C30H27N4O15S5-. The Bertz CT molecular complexity index is 2590. The molecule has 0 saturated carbocycles. The number of anilines is 1. The van der Waals surface area contributed by atoms with E-state index in [2.05, 4.69) is 0 Å². The van der Waals surface area contributed by atoms with E-state index in [9.17, 15) is 57.1 Å². The van der Waals surface area contributed by atoms with Gasteiger partial charge in [-0.2, -0.15) is 0 Å². The van der Waals surface area contributed by atoms with Crippen LogP contribution in [0.4, 0.5) is 5.69 Å². The number of allylic oxidation sites excluding steroid dienone is 1. The number of carbonyl (C=O) groups is 4. The molecule has 0 radical (unpaired) electrons. The van der Waals surface area contributed by atoms with Crippen molar-refractivity contribution in [2.75, 3.05) is 38.0 Å². The molecule has 1 fully saturated rings. The van der Waals surface area contributed by atoms with Gasteiger partial charge in [-0.1, -0.05) is 35.7 Å². The van der Waals surface area contributed by atoms with E-state index in [1.165, 1.54) is 38.1 Å². The highest BCUT2D eigenvalue weighted by Gasteiger charge is 2.36. The van der Waals surface area contributed by atoms with Gasteiger partial charge in [-0.15, -0.1) is 11.3 Å². The summed E-state index contributed by atoms with van der Waals surface area (Å²) >= 11 is 7.52. The molecule has 3 aromatic rings. The number of aliphatic carboxylic acids is 3. The number of methoxy groups -OCH3 is 2. The van der Waals surface area contributed by atoms with E-state index < -0.39 is 85.9 Å². The number of carboxylic acids is 3. The van der Waals surface area contributed by atoms with E-state index in [0.29, 0.717) is 59.3 Å². The molecule has 2 aliphatic heterocycles. The second-order valence-corrected chi connectivity index (χ2v) is 16.4. The monoisotopic (exact) mass is 843 g/mol. The molecule has 288 valence electrons. The molecule has 0 atom stereocenters. The van der Waals surface area contributed by atoms with Gasteiger partial charge in [0.1, 0.15) is 33.5 Å². The molecule has 3 N–H and O–H groups in total. The number of fused-ring (bicyclic) bond motifs is 1. The van der Waals surface area contributed by atoms with Crippen LogP contribution >= 0.6 is 47.1 Å². The van der Waals surface area contributed by atoms with Crippen molar-refractivity contribution in [3.8, 4) is 11.5 Å². The molecule has 4 heterocycles. The second-order valence-electron chi connectivity index (χ2n) is 11.1. The lowest BCUT2D eigenvalue weighted by molar-refractivity contribution is -0.140. The second kappa shape index (κ2) is 16.2. The number of carbonyl (C=O) groups excluding carboxylic acids is 1. The van der Waals surface area contributed by atoms with E-state index in [0.717, 1.165) is 4.90 Å². The minimum absolute atomic E-state index is 0.0584. The number of thioether (sulfide) groups is 2. The van der Waals surface area contributed by atoms with Crippen molar-refractivity contribution in [3.63, 3.8) is 0 Å². The Kier molecular flexibility index (Phi) is 12.1. The van der Waals surface area contributed by atoms with Crippen LogP contribution < -0.4 is 35.6 Å². The summed E-state index contributed by atoms with van der Waals surface area (Å²) in [5.74, 6) is -5.05. The molecule has 1 aromatic carbocycles. The number of benzene rings is 1. The van der Waals surface area contributed by atoms with Gasteiger partial charge in [0.2, 0.25) is 5.55 Å². The Labute approximate surface area is 320 Å². The number of unbranched alkanes of at least 4 members (excludes halogenated alkanes) is 1. The van der Waals surface area contributed by atoms with Crippen LogP contribution in [-0.4, -0.2) is 104 Å². The Morgan fingerprint density at radius 1 is 0.889 bits per heavy atom. The Morgan fingerprint density at radius 3 is 2.13 bits per heavy atom. The van der Waals surface area contributed by atoms with E-state index in [4.69, 9.17) is 26.1 Å². The third-order valence-electron chi connectivity index (χ3n) is 7.55. The molecular weight excluding hydrogens is 817 g/mol. The normalized spacial score (nSPS) is 17.1. The van der Waals surface area contributed by atoms with Gasteiger partial charge < -0.3 is 38.7 Å². The van der Waals surface area contributed by atoms with Gasteiger partial charge in [-0.05, 0) is 25.0 Å². The van der Waals surface area contributed by atoms with Crippen molar-refractivity contribution in [1.29, 1.82) is 0 Å². The van der Waals surface area contributed by atoms with Crippen LogP contribution in [0, 0.1) is 10.1 Å².